The van der Waals surface area contributed by atoms with Crippen molar-refractivity contribution in [3.63, 3.8) is 0 Å². The van der Waals surface area contributed by atoms with Crippen LogP contribution in [0, 0.1) is 0 Å². The largest absolute Gasteiger partial charge is 0.494 e. The summed E-state index contributed by atoms with van der Waals surface area (Å²) in [6.45, 7) is 5.37. The third-order valence-corrected chi connectivity index (χ3v) is 3.62. The molecule has 0 atom stereocenters. The molecule has 0 bridgehead atoms. The van der Waals surface area contributed by atoms with Gasteiger partial charge in [-0.3, -0.25) is 4.79 Å². The second kappa shape index (κ2) is 10.9. The lowest BCUT2D eigenvalue weighted by Gasteiger charge is -2.11. The van der Waals surface area contributed by atoms with E-state index in [0.717, 1.165) is 24.2 Å². The van der Waals surface area contributed by atoms with Crippen LogP contribution in [0.5, 0.6) is 17.2 Å². The van der Waals surface area contributed by atoms with Crippen molar-refractivity contribution in [2.24, 2.45) is 5.10 Å². The molecule has 0 saturated heterocycles. The summed E-state index contributed by atoms with van der Waals surface area (Å²) in [7, 11) is 1.54. The second-order valence-corrected chi connectivity index (χ2v) is 5.83. The molecule has 0 aliphatic carbocycles. The fourth-order valence-corrected chi connectivity index (χ4v) is 2.24. The summed E-state index contributed by atoms with van der Waals surface area (Å²) in [4.78, 5) is 12.3. The van der Waals surface area contributed by atoms with Crippen molar-refractivity contribution in [2.75, 3.05) is 20.3 Å². The van der Waals surface area contributed by atoms with Gasteiger partial charge in [0, 0.05) is 5.56 Å². The number of carbonyl (C=O) groups is 1. The average Bonchev–Trinajstić information content (AvgIpc) is 2.71. The molecule has 0 fully saturated rings. The third-order valence-electron chi connectivity index (χ3n) is 3.62. The van der Waals surface area contributed by atoms with Gasteiger partial charge in [-0.25, -0.2) is 5.43 Å². The predicted octanol–water partition coefficient (Wildman–Crippen LogP) is 4.04. The molecule has 2 aromatic carbocycles. The van der Waals surface area contributed by atoms with E-state index in [9.17, 15) is 4.79 Å². The van der Waals surface area contributed by atoms with Gasteiger partial charge in [-0.1, -0.05) is 13.8 Å². The maximum atomic E-state index is 12.3. The SMILES string of the molecule is CCCOc1ccc(/C=N/NC(=O)c2ccc(OCCC)c(OC)c2)cc1. The lowest BCUT2D eigenvalue weighted by atomic mass is 10.2. The van der Waals surface area contributed by atoms with E-state index in [0.29, 0.717) is 30.3 Å². The van der Waals surface area contributed by atoms with Crippen LogP contribution >= 0.6 is 0 Å². The van der Waals surface area contributed by atoms with E-state index in [4.69, 9.17) is 14.2 Å². The molecule has 0 aliphatic rings. The molecule has 2 aromatic rings. The number of hydrogen-bond donors (Lipinski definition) is 1. The number of hydrogen-bond acceptors (Lipinski definition) is 5. The summed E-state index contributed by atoms with van der Waals surface area (Å²) in [5.74, 6) is 1.62. The van der Waals surface area contributed by atoms with Crippen LogP contribution in [0.2, 0.25) is 0 Å². The van der Waals surface area contributed by atoms with Crippen molar-refractivity contribution < 1.29 is 19.0 Å². The summed E-state index contributed by atoms with van der Waals surface area (Å²) < 4.78 is 16.4. The van der Waals surface area contributed by atoms with Gasteiger partial charge in [0.25, 0.3) is 5.91 Å². The van der Waals surface area contributed by atoms with Crippen LogP contribution < -0.4 is 19.6 Å². The Labute approximate surface area is 160 Å². The van der Waals surface area contributed by atoms with Crippen molar-refractivity contribution in [2.45, 2.75) is 26.7 Å². The number of amides is 1. The molecule has 0 aliphatic heterocycles. The smallest absolute Gasteiger partial charge is 0.271 e. The summed E-state index contributed by atoms with van der Waals surface area (Å²) >= 11 is 0. The topological polar surface area (TPSA) is 69.2 Å². The van der Waals surface area contributed by atoms with E-state index >= 15 is 0 Å². The lowest BCUT2D eigenvalue weighted by Crippen LogP contribution is -2.17. The molecule has 0 spiro atoms. The Hall–Kier alpha value is -3.02. The summed E-state index contributed by atoms with van der Waals surface area (Å²) in [5.41, 5.74) is 3.82. The molecule has 0 radical (unpaired) electrons. The molecule has 6 nitrogen and oxygen atoms in total. The first kappa shape index (κ1) is 20.3. The first-order chi connectivity index (χ1) is 13.2. The molecular formula is C21H26N2O4. The fourth-order valence-electron chi connectivity index (χ4n) is 2.24. The zero-order valence-electron chi connectivity index (χ0n) is 16.0. The number of nitrogens with zero attached hydrogens (tertiary/aromatic N) is 1. The minimum absolute atomic E-state index is 0.325. The van der Waals surface area contributed by atoms with Crippen molar-refractivity contribution in [3.05, 3.63) is 53.6 Å². The highest BCUT2D eigenvalue weighted by molar-refractivity contribution is 5.95. The van der Waals surface area contributed by atoms with E-state index in [1.165, 1.54) is 0 Å². The van der Waals surface area contributed by atoms with Crippen LogP contribution in [0.1, 0.15) is 42.6 Å². The highest BCUT2D eigenvalue weighted by Gasteiger charge is 2.10. The quantitative estimate of drug-likeness (QED) is 0.506. The number of ether oxygens (including phenoxy) is 3. The van der Waals surface area contributed by atoms with Gasteiger partial charge < -0.3 is 14.2 Å². The molecule has 0 heterocycles. The standard InChI is InChI=1S/C21H26N2O4/c1-4-12-26-18-9-6-16(7-10-18)15-22-23-21(24)17-8-11-19(27-13-5-2)20(14-17)25-3/h6-11,14-15H,4-5,12-13H2,1-3H3,(H,23,24)/b22-15+. The number of carbonyl (C=O) groups excluding carboxylic acids is 1. The maximum Gasteiger partial charge on any atom is 0.271 e. The Morgan fingerprint density at radius 1 is 1.00 bits per heavy atom. The average molecular weight is 370 g/mol. The second-order valence-electron chi connectivity index (χ2n) is 5.83. The summed E-state index contributed by atoms with van der Waals surface area (Å²) in [6.07, 6.45) is 3.44. The monoisotopic (exact) mass is 370 g/mol. The Morgan fingerprint density at radius 2 is 1.70 bits per heavy atom. The van der Waals surface area contributed by atoms with Crippen LogP contribution in [0.15, 0.2) is 47.6 Å². The number of methoxy groups -OCH3 is 1. The van der Waals surface area contributed by atoms with Gasteiger partial charge in [0.15, 0.2) is 11.5 Å². The van der Waals surface area contributed by atoms with Crippen molar-refractivity contribution in [3.8, 4) is 17.2 Å². The molecule has 27 heavy (non-hydrogen) atoms. The molecule has 2 rings (SSSR count). The van der Waals surface area contributed by atoms with Crippen LogP contribution in [-0.4, -0.2) is 32.4 Å². The van der Waals surface area contributed by atoms with Crippen LogP contribution in [-0.2, 0) is 0 Å². The van der Waals surface area contributed by atoms with Crippen molar-refractivity contribution in [1.29, 1.82) is 0 Å². The van der Waals surface area contributed by atoms with Crippen LogP contribution in [0.3, 0.4) is 0 Å². The number of nitrogens with one attached hydrogen (secondary N) is 1. The first-order valence-electron chi connectivity index (χ1n) is 9.05. The number of hydrazone groups is 1. The molecule has 6 heteroatoms. The van der Waals surface area contributed by atoms with Gasteiger partial charge in [-0.15, -0.1) is 0 Å². The van der Waals surface area contributed by atoms with Crippen molar-refractivity contribution >= 4 is 12.1 Å². The Morgan fingerprint density at radius 3 is 2.37 bits per heavy atom. The number of benzene rings is 2. The first-order valence-corrected chi connectivity index (χ1v) is 9.05. The molecule has 0 unspecified atom stereocenters. The minimum Gasteiger partial charge on any atom is -0.494 e. The number of rotatable bonds is 10. The lowest BCUT2D eigenvalue weighted by molar-refractivity contribution is 0.0954. The van der Waals surface area contributed by atoms with Crippen LogP contribution in [0.4, 0.5) is 0 Å². The fraction of sp³-hybridized carbons (Fsp3) is 0.333. The zero-order valence-corrected chi connectivity index (χ0v) is 16.0. The van der Waals surface area contributed by atoms with E-state index in [-0.39, 0.29) is 5.91 Å². The highest BCUT2D eigenvalue weighted by atomic mass is 16.5. The van der Waals surface area contributed by atoms with Gasteiger partial charge in [0.2, 0.25) is 0 Å². The molecule has 144 valence electrons. The summed E-state index contributed by atoms with van der Waals surface area (Å²) in [6, 6.07) is 12.5. The highest BCUT2D eigenvalue weighted by Crippen LogP contribution is 2.28. The Balaban J connectivity index is 1.95. The third kappa shape index (κ3) is 6.33. The van der Waals surface area contributed by atoms with Gasteiger partial charge in [-0.2, -0.15) is 5.10 Å². The predicted molar refractivity (Wildman–Crippen MR) is 106 cm³/mol. The van der Waals surface area contributed by atoms with Gasteiger partial charge in [0.1, 0.15) is 5.75 Å². The molecule has 1 N–H and O–H groups in total. The van der Waals surface area contributed by atoms with E-state index in [2.05, 4.69) is 17.5 Å². The van der Waals surface area contributed by atoms with E-state index in [1.807, 2.05) is 31.2 Å². The molecular weight excluding hydrogens is 344 g/mol. The van der Waals surface area contributed by atoms with Gasteiger partial charge in [0.05, 0.1) is 26.5 Å². The van der Waals surface area contributed by atoms with Gasteiger partial charge in [-0.05, 0) is 60.9 Å². The molecule has 0 saturated carbocycles. The Kier molecular flexibility index (Phi) is 8.16. The zero-order chi connectivity index (χ0) is 19.5. The summed E-state index contributed by atoms with van der Waals surface area (Å²) in [5, 5.41) is 4.00. The normalized spacial score (nSPS) is 10.6. The van der Waals surface area contributed by atoms with Crippen molar-refractivity contribution in [1.82, 2.24) is 5.43 Å². The van der Waals surface area contributed by atoms with Gasteiger partial charge >= 0.3 is 0 Å². The molecule has 0 aromatic heterocycles. The minimum atomic E-state index is -0.325. The molecule has 1 amide bonds. The van der Waals surface area contributed by atoms with E-state index < -0.39 is 0 Å². The maximum absolute atomic E-state index is 12.3. The Bertz CT molecular complexity index is 757. The van der Waals surface area contributed by atoms with E-state index in [1.54, 1.807) is 31.5 Å². The van der Waals surface area contributed by atoms with Crippen LogP contribution in [0.25, 0.3) is 0 Å².